The van der Waals surface area contributed by atoms with Crippen molar-refractivity contribution in [1.29, 1.82) is 0 Å². The largest absolute Gasteiger partial charge is 0.281 e. The molecule has 0 amide bonds. The Balaban J connectivity index is 2.98. The molecular weight excluding hydrogens is 251 g/mol. The first-order valence-corrected chi connectivity index (χ1v) is 4.49. The number of nitrogens with one attached hydrogen (secondary N) is 1. The van der Waals surface area contributed by atoms with Gasteiger partial charge in [-0.2, -0.15) is 5.10 Å². The first-order valence-electron chi connectivity index (χ1n) is 3.41. The molecule has 0 bridgehead atoms. The third-order valence-electron chi connectivity index (χ3n) is 1.45. The fourth-order valence-electron chi connectivity index (χ4n) is 0.746. The van der Waals surface area contributed by atoms with Crippen molar-refractivity contribution in [3.63, 3.8) is 0 Å². The molecule has 11 heavy (non-hydrogen) atoms. The van der Waals surface area contributed by atoms with Gasteiger partial charge in [-0.15, -0.1) is 0 Å². The Labute approximate surface area is 80.2 Å². The summed E-state index contributed by atoms with van der Waals surface area (Å²) in [5, 5.41) is 7.02. The van der Waals surface area contributed by atoms with Gasteiger partial charge in [0.2, 0.25) is 0 Å². The quantitative estimate of drug-likeness (QED) is 0.644. The zero-order valence-corrected chi connectivity index (χ0v) is 8.84. The fourth-order valence-corrected chi connectivity index (χ4v) is 1.02. The van der Waals surface area contributed by atoms with Crippen LogP contribution in [0.2, 0.25) is 0 Å². The van der Waals surface area contributed by atoms with Crippen LogP contribution in [0.4, 0.5) is 0 Å². The van der Waals surface area contributed by atoms with E-state index in [0.717, 1.165) is 11.4 Å². The van der Waals surface area contributed by atoms with Crippen LogP contribution in [0.15, 0.2) is 12.6 Å². The second-order valence-corrected chi connectivity index (χ2v) is 5.58. The fraction of sp³-hybridized carbons (Fsp3) is 0.375. The van der Waals surface area contributed by atoms with Crippen molar-refractivity contribution in [1.82, 2.24) is 10.2 Å². The molecule has 1 aromatic rings. The second-order valence-electron chi connectivity index (χ2n) is 2.88. The van der Waals surface area contributed by atoms with E-state index in [0.29, 0.717) is 0 Å². The zero-order valence-electron chi connectivity index (χ0n) is 6.69. The zero-order chi connectivity index (χ0) is 8.48. The number of nitrogens with zero attached hydrogens (tertiary/aromatic N) is 1. The van der Waals surface area contributed by atoms with Crippen LogP contribution in [0.5, 0.6) is 0 Å². The Bertz CT molecular complexity index is 257. The Hall–Kier alpha value is -0.320. The molecule has 1 N–H and O–H groups in total. The van der Waals surface area contributed by atoms with Gasteiger partial charge in [0.05, 0.1) is 14.8 Å². The van der Waals surface area contributed by atoms with Gasteiger partial charge >= 0.3 is 0 Å². The minimum Gasteiger partial charge on any atom is -0.281 e. The summed E-state index contributed by atoms with van der Waals surface area (Å²) in [5.74, 6) is 0. The van der Waals surface area contributed by atoms with E-state index in [1.54, 1.807) is 6.08 Å². The van der Waals surface area contributed by atoms with Crippen molar-refractivity contribution in [3.8, 4) is 0 Å². The van der Waals surface area contributed by atoms with Gasteiger partial charge in [0.1, 0.15) is 0 Å². The van der Waals surface area contributed by atoms with E-state index in [1.807, 2.05) is 6.07 Å². The maximum Gasteiger partial charge on any atom is 0.0845 e. The highest BCUT2D eigenvalue weighted by atomic mass is 127. The molecule has 0 radical (unpaired) electrons. The number of hydrogen-bond acceptors (Lipinski definition) is 1. The average molecular weight is 262 g/mol. The molecule has 0 fully saturated rings. The molecule has 0 spiro atoms. The lowest BCUT2D eigenvalue weighted by Gasteiger charge is -2.12. The highest BCUT2D eigenvalue weighted by molar-refractivity contribution is 14.1. The van der Waals surface area contributed by atoms with E-state index in [4.69, 9.17) is 0 Å². The molecule has 60 valence electrons. The van der Waals surface area contributed by atoms with Crippen LogP contribution < -0.4 is 0 Å². The van der Waals surface area contributed by atoms with Gasteiger partial charge in [0, 0.05) is 0 Å². The summed E-state index contributed by atoms with van der Waals surface area (Å²) in [4.78, 5) is 0. The predicted octanol–water partition coefficient (Wildman–Crippen LogP) is 2.72. The minimum absolute atomic E-state index is 0.117. The summed E-state index contributed by atoms with van der Waals surface area (Å²) < 4.78 is 0.117. The second kappa shape index (κ2) is 2.97. The maximum absolute atomic E-state index is 4.05. The lowest BCUT2D eigenvalue weighted by Crippen LogP contribution is -2.06. The van der Waals surface area contributed by atoms with Gasteiger partial charge < -0.3 is 0 Å². The predicted molar refractivity (Wildman–Crippen MR) is 55.7 cm³/mol. The smallest absolute Gasteiger partial charge is 0.0845 e. The number of hydrogen-bond donors (Lipinski definition) is 1. The highest BCUT2D eigenvalue weighted by Gasteiger charge is 2.17. The molecule has 3 heteroatoms. The molecular formula is C8H11IN2. The molecule has 0 aliphatic carbocycles. The Morgan fingerprint density at radius 1 is 1.73 bits per heavy atom. The molecule has 0 aliphatic rings. The van der Waals surface area contributed by atoms with Crippen molar-refractivity contribution < 1.29 is 0 Å². The summed E-state index contributed by atoms with van der Waals surface area (Å²) in [6.07, 6.45) is 1.74. The molecule has 1 aromatic heterocycles. The Morgan fingerprint density at radius 3 is 2.64 bits per heavy atom. The van der Waals surface area contributed by atoms with E-state index < -0.39 is 0 Å². The first-order chi connectivity index (χ1) is 5.04. The van der Waals surface area contributed by atoms with Gasteiger partial charge in [-0.1, -0.05) is 29.2 Å². The van der Waals surface area contributed by atoms with Crippen molar-refractivity contribution in [2.45, 2.75) is 17.3 Å². The molecule has 0 atom stereocenters. The van der Waals surface area contributed by atoms with Gasteiger partial charge in [-0.3, -0.25) is 5.10 Å². The number of H-pyrrole nitrogens is 1. The van der Waals surface area contributed by atoms with Crippen molar-refractivity contribution >= 4 is 28.7 Å². The number of aromatic nitrogens is 2. The summed E-state index contributed by atoms with van der Waals surface area (Å²) in [6, 6.07) is 2.01. The van der Waals surface area contributed by atoms with E-state index in [2.05, 4.69) is 53.2 Å². The lowest BCUT2D eigenvalue weighted by molar-refractivity contribution is 0.777. The average Bonchev–Trinajstić information content (AvgIpc) is 2.32. The molecule has 1 rings (SSSR count). The Kier molecular flexibility index (Phi) is 2.37. The first kappa shape index (κ1) is 8.77. The van der Waals surface area contributed by atoms with Gasteiger partial charge in [-0.25, -0.2) is 0 Å². The summed E-state index contributed by atoms with van der Waals surface area (Å²) >= 11 is 2.37. The standard InChI is InChI=1S/C8H11IN2/c1-4-6-5-7(11-10-6)8(2,3)9/h4-5H,1H2,2-3H3,(H,10,11). The third kappa shape index (κ3) is 2.05. The molecule has 0 saturated heterocycles. The molecule has 1 heterocycles. The minimum atomic E-state index is 0.117. The molecule has 0 saturated carbocycles. The van der Waals surface area contributed by atoms with Gasteiger partial charge in [-0.05, 0) is 26.0 Å². The highest BCUT2D eigenvalue weighted by Crippen LogP contribution is 2.29. The van der Waals surface area contributed by atoms with E-state index in [9.17, 15) is 0 Å². The molecule has 0 aliphatic heterocycles. The van der Waals surface area contributed by atoms with Crippen LogP contribution in [-0.2, 0) is 3.42 Å². The summed E-state index contributed by atoms with van der Waals surface area (Å²) in [5.41, 5.74) is 2.04. The lowest BCUT2D eigenvalue weighted by atomic mass is 10.1. The number of rotatable bonds is 2. The Morgan fingerprint density at radius 2 is 2.36 bits per heavy atom. The maximum atomic E-state index is 4.05. The van der Waals surface area contributed by atoms with E-state index in [1.165, 1.54) is 0 Å². The molecule has 0 unspecified atom stereocenters. The van der Waals surface area contributed by atoms with Crippen molar-refractivity contribution in [2.75, 3.05) is 0 Å². The molecule has 0 aromatic carbocycles. The summed E-state index contributed by atoms with van der Waals surface area (Å²) in [7, 11) is 0. The van der Waals surface area contributed by atoms with Crippen LogP contribution in [0.1, 0.15) is 25.2 Å². The number of halogens is 1. The van der Waals surface area contributed by atoms with E-state index >= 15 is 0 Å². The topological polar surface area (TPSA) is 28.7 Å². The van der Waals surface area contributed by atoms with Crippen LogP contribution in [0.25, 0.3) is 6.08 Å². The van der Waals surface area contributed by atoms with Crippen molar-refractivity contribution in [2.24, 2.45) is 0 Å². The molecule has 2 nitrogen and oxygen atoms in total. The third-order valence-corrected chi connectivity index (χ3v) is 2.03. The van der Waals surface area contributed by atoms with Crippen LogP contribution >= 0.6 is 22.6 Å². The number of alkyl halides is 1. The van der Waals surface area contributed by atoms with Crippen LogP contribution in [0, 0.1) is 0 Å². The van der Waals surface area contributed by atoms with E-state index in [-0.39, 0.29) is 3.42 Å². The SMILES string of the molecule is C=Cc1cc(C(C)(C)I)[nH]n1. The van der Waals surface area contributed by atoms with Gasteiger partial charge in [0.25, 0.3) is 0 Å². The van der Waals surface area contributed by atoms with Gasteiger partial charge in [0.15, 0.2) is 0 Å². The normalized spacial score (nSPS) is 11.5. The van der Waals surface area contributed by atoms with Crippen molar-refractivity contribution in [3.05, 3.63) is 24.0 Å². The summed E-state index contributed by atoms with van der Waals surface area (Å²) in [6.45, 7) is 7.91. The van der Waals surface area contributed by atoms with Crippen LogP contribution in [-0.4, -0.2) is 10.2 Å². The monoisotopic (exact) mass is 262 g/mol. The van der Waals surface area contributed by atoms with Crippen LogP contribution in [0.3, 0.4) is 0 Å². The number of aromatic amines is 1.